The summed E-state index contributed by atoms with van der Waals surface area (Å²) in [5, 5.41) is 15.3. The molecule has 0 aliphatic heterocycles. The van der Waals surface area contributed by atoms with Gasteiger partial charge in [0.2, 0.25) is 5.91 Å². The average Bonchev–Trinajstić information content (AvgIpc) is 2.57. The van der Waals surface area contributed by atoms with Gasteiger partial charge in [-0.25, -0.2) is 0 Å². The highest BCUT2D eigenvalue weighted by atomic mass is 35.5. The second-order valence-electron chi connectivity index (χ2n) is 6.13. The molecule has 1 N–H and O–H groups in total. The first kappa shape index (κ1) is 19.3. The predicted molar refractivity (Wildman–Crippen MR) is 96.4 cm³/mol. The molecule has 0 aliphatic carbocycles. The van der Waals surface area contributed by atoms with E-state index in [2.05, 4.69) is 5.32 Å². The Labute approximate surface area is 156 Å². The number of carboxylic acid groups (broad SMARTS) is 1. The fourth-order valence-corrected chi connectivity index (χ4v) is 2.88. The van der Waals surface area contributed by atoms with Gasteiger partial charge < -0.3 is 15.2 Å². The number of benzene rings is 2. The molecular formula is C19H18Cl2NO3-. The van der Waals surface area contributed by atoms with Crippen LogP contribution in [-0.2, 0) is 15.0 Å². The Bertz CT molecular complexity index is 779. The van der Waals surface area contributed by atoms with Crippen molar-refractivity contribution in [2.75, 3.05) is 0 Å². The zero-order chi connectivity index (χ0) is 18.6. The van der Waals surface area contributed by atoms with Gasteiger partial charge in [0.25, 0.3) is 0 Å². The molecule has 0 fully saturated rings. The second kappa shape index (κ2) is 7.89. The van der Waals surface area contributed by atoms with Gasteiger partial charge in [-0.1, -0.05) is 59.6 Å². The number of hydrogen-bond donors (Lipinski definition) is 1. The molecule has 2 aromatic rings. The fourth-order valence-electron chi connectivity index (χ4n) is 2.58. The number of aliphatic carboxylic acids is 1. The number of carboxylic acids is 1. The van der Waals surface area contributed by atoms with E-state index in [0.717, 1.165) is 5.56 Å². The number of amides is 1. The largest absolute Gasteiger partial charge is 0.549 e. The molecule has 6 heteroatoms. The normalized spacial score (nSPS) is 14.4. The fraction of sp³-hybridized carbons (Fsp3) is 0.263. The summed E-state index contributed by atoms with van der Waals surface area (Å²) in [5.74, 6) is -1.69. The van der Waals surface area contributed by atoms with E-state index >= 15 is 0 Å². The van der Waals surface area contributed by atoms with E-state index in [1.807, 2.05) is 0 Å². The molecule has 0 radical (unpaired) electrons. The monoisotopic (exact) mass is 378 g/mol. The molecule has 25 heavy (non-hydrogen) atoms. The SMILES string of the molecule is C[C@H](NC(=O)C[C@@](C)(C(=O)[O-])c1ccccc1)c1ccc(Cl)c(Cl)c1. The Morgan fingerprint density at radius 2 is 1.76 bits per heavy atom. The minimum atomic E-state index is -1.41. The van der Waals surface area contributed by atoms with Gasteiger partial charge in [0.1, 0.15) is 0 Å². The Balaban J connectivity index is 2.14. The lowest BCUT2D eigenvalue weighted by atomic mass is 9.79. The summed E-state index contributed by atoms with van der Waals surface area (Å²) in [6, 6.07) is 13.3. The smallest absolute Gasteiger partial charge is 0.221 e. The summed E-state index contributed by atoms with van der Waals surface area (Å²) in [7, 11) is 0. The summed E-state index contributed by atoms with van der Waals surface area (Å²) in [6.45, 7) is 3.28. The standard InChI is InChI=1S/C19H19Cl2NO3/c1-12(13-8-9-15(20)16(21)10-13)22-17(23)11-19(2,18(24)25)14-6-4-3-5-7-14/h3-10,12H,11H2,1-2H3,(H,22,23)(H,24,25)/p-1/t12-,19+/m0/s1. The first-order valence-corrected chi connectivity index (χ1v) is 8.51. The van der Waals surface area contributed by atoms with Crippen molar-refractivity contribution in [3.05, 3.63) is 69.7 Å². The van der Waals surface area contributed by atoms with Gasteiger partial charge in [-0.2, -0.15) is 0 Å². The van der Waals surface area contributed by atoms with Crippen LogP contribution in [0.25, 0.3) is 0 Å². The lowest BCUT2D eigenvalue weighted by Crippen LogP contribution is -2.47. The van der Waals surface area contributed by atoms with Gasteiger partial charge in [-0.15, -0.1) is 0 Å². The molecule has 1 amide bonds. The number of carbonyl (C=O) groups is 2. The van der Waals surface area contributed by atoms with Crippen LogP contribution in [0, 0.1) is 0 Å². The van der Waals surface area contributed by atoms with Crippen LogP contribution in [0.1, 0.15) is 37.4 Å². The number of rotatable bonds is 6. The van der Waals surface area contributed by atoms with Gasteiger partial charge in [-0.05, 0) is 37.1 Å². The molecule has 2 aromatic carbocycles. The van der Waals surface area contributed by atoms with Crippen molar-refractivity contribution in [2.45, 2.75) is 31.7 Å². The lowest BCUT2D eigenvalue weighted by Gasteiger charge is -2.31. The number of hydrogen-bond acceptors (Lipinski definition) is 3. The highest BCUT2D eigenvalue weighted by molar-refractivity contribution is 6.42. The minimum absolute atomic E-state index is 0.231. The quantitative estimate of drug-likeness (QED) is 0.838. The summed E-state index contributed by atoms with van der Waals surface area (Å²) in [6.07, 6.45) is -0.231. The van der Waals surface area contributed by atoms with Crippen molar-refractivity contribution in [3.8, 4) is 0 Å². The van der Waals surface area contributed by atoms with E-state index in [4.69, 9.17) is 23.2 Å². The van der Waals surface area contributed by atoms with Gasteiger partial charge in [0.05, 0.1) is 22.1 Å². The molecular weight excluding hydrogens is 361 g/mol. The number of halogens is 2. The Morgan fingerprint density at radius 1 is 1.12 bits per heavy atom. The van der Waals surface area contributed by atoms with E-state index in [9.17, 15) is 14.7 Å². The lowest BCUT2D eigenvalue weighted by molar-refractivity contribution is -0.313. The van der Waals surface area contributed by atoms with Crippen molar-refractivity contribution in [1.82, 2.24) is 5.32 Å². The topological polar surface area (TPSA) is 69.2 Å². The van der Waals surface area contributed by atoms with E-state index in [1.54, 1.807) is 55.5 Å². The van der Waals surface area contributed by atoms with Gasteiger partial charge in [0, 0.05) is 11.8 Å². The van der Waals surface area contributed by atoms with Gasteiger partial charge in [0.15, 0.2) is 0 Å². The van der Waals surface area contributed by atoms with Crippen molar-refractivity contribution in [2.24, 2.45) is 0 Å². The van der Waals surface area contributed by atoms with Crippen LogP contribution in [-0.4, -0.2) is 11.9 Å². The first-order chi connectivity index (χ1) is 11.7. The van der Waals surface area contributed by atoms with Crippen LogP contribution >= 0.6 is 23.2 Å². The summed E-state index contributed by atoms with van der Waals surface area (Å²) in [5.41, 5.74) is -0.118. The van der Waals surface area contributed by atoms with Gasteiger partial charge in [-0.3, -0.25) is 4.79 Å². The Kier molecular flexibility index (Phi) is 6.09. The third-order valence-corrected chi connectivity index (χ3v) is 4.94. The van der Waals surface area contributed by atoms with Crippen LogP contribution in [0.5, 0.6) is 0 Å². The van der Waals surface area contributed by atoms with E-state index in [0.29, 0.717) is 15.6 Å². The number of nitrogens with one attached hydrogen (secondary N) is 1. The first-order valence-electron chi connectivity index (χ1n) is 7.75. The minimum Gasteiger partial charge on any atom is -0.549 e. The second-order valence-corrected chi connectivity index (χ2v) is 6.94. The Hall–Kier alpha value is -2.04. The maximum Gasteiger partial charge on any atom is 0.221 e. The average molecular weight is 379 g/mol. The summed E-state index contributed by atoms with van der Waals surface area (Å²) < 4.78 is 0. The third kappa shape index (κ3) is 4.53. The predicted octanol–water partition coefficient (Wildman–Crippen LogP) is 3.27. The van der Waals surface area contributed by atoms with Crippen molar-refractivity contribution < 1.29 is 14.7 Å². The van der Waals surface area contributed by atoms with Crippen LogP contribution in [0.3, 0.4) is 0 Å². The van der Waals surface area contributed by atoms with Crippen LogP contribution in [0.15, 0.2) is 48.5 Å². The maximum absolute atomic E-state index is 12.4. The molecule has 0 spiro atoms. The van der Waals surface area contributed by atoms with Crippen molar-refractivity contribution >= 4 is 35.1 Å². The van der Waals surface area contributed by atoms with Crippen molar-refractivity contribution in [1.29, 1.82) is 0 Å². The molecule has 0 heterocycles. The van der Waals surface area contributed by atoms with Crippen LogP contribution in [0.2, 0.25) is 10.0 Å². The molecule has 132 valence electrons. The Morgan fingerprint density at radius 3 is 2.32 bits per heavy atom. The molecule has 0 saturated carbocycles. The van der Waals surface area contributed by atoms with Crippen molar-refractivity contribution in [3.63, 3.8) is 0 Å². The summed E-state index contributed by atoms with van der Waals surface area (Å²) in [4.78, 5) is 24.1. The molecule has 2 rings (SSSR count). The molecule has 0 bridgehead atoms. The van der Waals surface area contributed by atoms with Crippen LogP contribution in [0.4, 0.5) is 0 Å². The maximum atomic E-state index is 12.4. The highest BCUT2D eigenvalue weighted by Crippen LogP contribution is 2.28. The van der Waals surface area contributed by atoms with Crippen LogP contribution < -0.4 is 10.4 Å². The zero-order valence-corrected chi connectivity index (χ0v) is 15.4. The zero-order valence-electron chi connectivity index (χ0n) is 13.9. The molecule has 0 aliphatic rings. The third-order valence-electron chi connectivity index (χ3n) is 4.20. The molecule has 2 atom stereocenters. The number of carbonyl (C=O) groups excluding carboxylic acids is 2. The molecule has 0 unspecified atom stereocenters. The summed E-state index contributed by atoms with van der Waals surface area (Å²) >= 11 is 11.9. The highest BCUT2D eigenvalue weighted by Gasteiger charge is 2.31. The molecule has 4 nitrogen and oxygen atoms in total. The van der Waals surface area contributed by atoms with Gasteiger partial charge >= 0.3 is 0 Å². The van der Waals surface area contributed by atoms with E-state index < -0.39 is 17.3 Å². The molecule has 0 aromatic heterocycles. The molecule has 0 saturated heterocycles. The van der Waals surface area contributed by atoms with E-state index in [-0.39, 0.29) is 12.5 Å². The van der Waals surface area contributed by atoms with E-state index in [1.165, 1.54) is 6.92 Å².